The Bertz CT molecular complexity index is 464. The molecule has 1 spiro atoms. The Hall–Kier alpha value is -1.56. The van der Waals surface area contributed by atoms with Crippen molar-refractivity contribution in [3.63, 3.8) is 0 Å². The van der Waals surface area contributed by atoms with E-state index in [-0.39, 0.29) is 5.41 Å². The van der Waals surface area contributed by atoms with Crippen molar-refractivity contribution in [2.75, 3.05) is 18.4 Å². The number of nitrogens with one attached hydrogen (secondary N) is 1. The SMILES string of the molecule is O=C(O)N1CC2(CC(Nc3ccc(Cl)nn3)C2)C1. The lowest BCUT2D eigenvalue weighted by Crippen LogP contribution is -2.65. The molecule has 2 N–H and O–H groups in total. The van der Waals surface area contributed by atoms with E-state index in [4.69, 9.17) is 16.7 Å². The number of hydrogen-bond donors (Lipinski definition) is 2. The average Bonchev–Trinajstić information content (AvgIpc) is 2.21. The predicted octanol–water partition coefficient (Wildman–Crippen LogP) is 1.68. The fourth-order valence-corrected chi connectivity index (χ4v) is 2.95. The van der Waals surface area contributed by atoms with E-state index in [0.29, 0.717) is 30.1 Å². The number of aromatic nitrogens is 2. The molecule has 96 valence electrons. The van der Waals surface area contributed by atoms with Crippen molar-refractivity contribution in [2.45, 2.75) is 18.9 Å². The fourth-order valence-electron chi connectivity index (χ4n) is 2.85. The zero-order valence-electron chi connectivity index (χ0n) is 9.64. The van der Waals surface area contributed by atoms with E-state index in [1.54, 1.807) is 12.1 Å². The van der Waals surface area contributed by atoms with E-state index in [2.05, 4.69) is 15.5 Å². The molecule has 18 heavy (non-hydrogen) atoms. The molecule has 2 aliphatic rings. The molecule has 2 fully saturated rings. The van der Waals surface area contributed by atoms with Gasteiger partial charge >= 0.3 is 6.09 Å². The monoisotopic (exact) mass is 268 g/mol. The molecule has 1 aliphatic carbocycles. The van der Waals surface area contributed by atoms with E-state index in [1.807, 2.05) is 0 Å². The molecule has 1 aromatic rings. The molecule has 0 bridgehead atoms. The molecule has 2 heterocycles. The standard InChI is InChI=1S/C11H13ClN4O2/c12-8-1-2-9(15-14-8)13-7-3-11(4-7)5-16(6-11)10(17)18/h1-2,7H,3-6H2,(H,13,15)(H,17,18). The summed E-state index contributed by atoms with van der Waals surface area (Å²) in [5, 5.41) is 20.1. The second-order valence-corrected chi connectivity index (χ2v) is 5.52. The van der Waals surface area contributed by atoms with Gasteiger partial charge in [-0.05, 0) is 25.0 Å². The summed E-state index contributed by atoms with van der Waals surface area (Å²) in [7, 11) is 0. The molecule has 1 aromatic heterocycles. The molecule has 1 saturated carbocycles. The predicted molar refractivity (Wildman–Crippen MR) is 65.7 cm³/mol. The number of likely N-dealkylation sites (tertiary alicyclic amines) is 1. The molecule has 0 radical (unpaired) electrons. The molecule has 0 atom stereocenters. The lowest BCUT2D eigenvalue weighted by Gasteiger charge is -2.58. The largest absolute Gasteiger partial charge is 0.465 e. The summed E-state index contributed by atoms with van der Waals surface area (Å²) in [4.78, 5) is 12.2. The molecule has 1 saturated heterocycles. The Morgan fingerprint density at radius 3 is 2.72 bits per heavy atom. The van der Waals surface area contributed by atoms with Crippen LogP contribution >= 0.6 is 11.6 Å². The average molecular weight is 269 g/mol. The summed E-state index contributed by atoms with van der Waals surface area (Å²) in [6.45, 7) is 1.32. The summed E-state index contributed by atoms with van der Waals surface area (Å²) >= 11 is 5.66. The molecule has 0 aromatic carbocycles. The molecule has 1 amide bonds. The first kappa shape index (κ1) is 11.5. The van der Waals surface area contributed by atoms with Crippen molar-refractivity contribution in [1.82, 2.24) is 15.1 Å². The molecular weight excluding hydrogens is 256 g/mol. The summed E-state index contributed by atoms with van der Waals surface area (Å²) in [5.41, 5.74) is 0.204. The zero-order valence-corrected chi connectivity index (χ0v) is 10.4. The second-order valence-electron chi connectivity index (χ2n) is 5.13. The minimum absolute atomic E-state index is 0.204. The lowest BCUT2D eigenvalue weighted by atomic mass is 9.61. The maximum absolute atomic E-state index is 10.7. The van der Waals surface area contributed by atoms with Crippen molar-refractivity contribution in [3.05, 3.63) is 17.3 Å². The van der Waals surface area contributed by atoms with Crippen LogP contribution in [0.15, 0.2) is 12.1 Å². The summed E-state index contributed by atoms with van der Waals surface area (Å²) in [6.07, 6.45) is 1.16. The maximum atomic E-state index is 10.7. The van der Waals surface area contributed by atoms with E-state index in [0.717, 1.165) is 12.8 Å². The van der Waals surface area contributed by atoms with Gasteiger partial charge in [0.15, 0.2) is 5.15 Å². The molecule has 1 aliphatic heterocycles. The highest BCUT2D eigenvalue weighted by Crippen LogP contribution is 2.49. The van der Waals surface area contributed by atoms with Crippen LogP contribution in [0.5, 0.6) is 0 Å². The van der Waals surface area contributed by atoms with E-state index < -0.39 is 6.09 Å². The van der Waals surface area contributed by atoms with Gasteiger partial charge in [-0.2, -0.15) is 0 Å². The number of halogens is 1. The number of rotatable bonds is 2. The molecule has 3 rings (SSSR count). The van der Waals surface area contributed by atoms with Crippen LogP contribution < -0.4 is 5.32 Å². The Labute approximate surface area is 109 Å². The molecular formula is C11H13ClN4O2. The van der Waals surface area contributed by atoms with Crippen LogP contribution in [0, 0.1) is 5.41 Å². The maximum Gasteiger partial charge on any atom is 0.407 e. The highest BCUT2D eigenvalue weighted by Gasteiger charge is 2.53. The van der Waals surface area contributed by atoms with Gasteiger partial charge in [0.2, 0.25) is 0 Å². The Morgan fingerprint density at radius 1 is 1.44 bits per heavy atom. The number of nitrogens with zero attached hydrogens (tertiary/aromatic N) is 3. The van der Waals surface area contributed by atoms with E-state index in [9.17, 15) is 4.79 Å². The topological polar surface area (TPSA) is 78.4 Å². The summed E-state index contributed by atoms with van der Waals surface area (Å²) < 4.78 is 0. The smallest absolute Gasteiger partial charge is 0.407 e. The Balaban J connectivity index is 1.49. The number of hydrogen-bond acceptors (Lipinski definition) is 4. The zero-order chi connectivity index (χ0) is 12.8. The van der Waals surface area contributed by atoms with Crippen LogP contribution in [0.3, 0.4) is 0 Å². The first-order valence-electron chi connectivity index (χ1n) is 5.80. The third-order valence-electron chi connectivity index (χ3n) is 3.67. The van der Waals surface area contributed by atoms with Crippen molar-refractivity contribution in [1.29, 1.82) is 0 Å². The van der Waals surface area contributed by atoms with Crippen LogP contribution in [0.25, 0.3) is 0 Å². The van der Waals surface area contributed by atoms with Crippen molar-refractivity contribution in [3.8, 4) is 0 Å². The van der Waals surface area contributed by atoms with Gasteiger partial charge in [0, 0.05) is 24.5 Å². The van der Waals surface area contributed by atoms with Gasteiger partial charge in [-0.1, -0.05) is 11.6 Å². The van der Waals surface area contributed by atoms with Crippen LogP contribution in [0.4, 0.5) is 10.6 Å². The molecule has 0 unspecified atom stereocenters. The highest BCUT2D eigenvalue weighted by molar-refractivity contribution is 6.29. The summed E-state index contributed by atoms with van der Waals surface area (Å²) in [6, 6.07) is 3.85. The number of carbonyl (C=O) groups is 1. The molecule has 6 nitrogen and oxygen atoms in total. The van der Waals surface area contributed by atoms with Crippen LogP contribution in [0.1, 0.15) is 12.8 Å². The van der Waals surface area contributed by atoms with Gasteiger partial charge in [0.1, 0.15) is 5.82 Å². The quantitative estimate of drug-likeness (QED) is 0.853. The van der Waals surface area contributed by atoms with Gasteiger partial charge in [0.25, 0.3) is 0 Å². The fraction of sp³-hybridized carbons (Fsp3) is 0.545. The lowest BCUT2D eigenvalue weighted by molar-refractivity contribution is -0.0520. The van der Waals surface area contributed by atoms with Gasteiger partial charge < -0.3 is 15.3 Å². The Morgan fingerprint density at radius 2 is 2.17 bits per heavy atom. The normalized spacial score (nSPS) is 21.3. The van der Waals surface area contributed by atoms with Gasteiger partial charge in [-0.3, -0.25) is 0 Å². The highest BCUT2D eigenvalue weighted by atomic mass is 35.5. The minimum atomic E-state index is -0.819. The van der Waals surface area contributed by atoms with Gasteiger partial charge in [-0.25, -0.2) is 4.79 Å². The minimum Gasteiger partial charge on any atom is -0.465 e. The van der Waals surface area contributed by atoms with Gasteiger partial charge in [0.05, 0.1) is 0 Å². The number of amides is 1. The van der Waals surface area contributed by atoms with Crippen LogP contribution in [-0.4, -0.2) is 45.4 Å². The number of carboxylic acid groups (broad SMARTS) is 1. The van der Waals surface area contributed by atoms with Gasteiger partial charge in [-0.15, -0.1) is 10.2 Å². The summed E-state index contributed by atoms with van der Waals surface area (Å²) in [5.74, 6) is 0.716. The van der Waals surface area contributed by atoms with Crippen LogP contribution in [0.2, 0.25) is 5.15 Å². The Kier molecular flexibility index (Phi) is 2.55. The third kappa shape index (κ3) is 1.96. The van der Waals surface area contributed by atoms with Crippen molar-refractivity contribution < 1.29 is 9.90 Å². The first-order chi connectivity index (χ1) is 8.56. The second kappa shape index (κ2) is 3.98. The van der Waals surface area contributed by atoms with Crippen molar-refractivity contribution >= 4 is 23.5 Å². The number of anilines is 1. The van der Waals surface area contributed by atoms with E-state index >= 15 is 0 Å². The van der Waals surface area contributed by atoms with Crippen LogP contribution in [-0.2, 0) is 0 Å². The molecule has 7 heteroatoms. The van der Waals surface area contributed by atoms with Crippen molar-refractivity contribution in [2.24, 2.45) is 5.41 Å². The third-order valence-corrected chi connectivity index (χ3v) is 3.87. The van der Waals surface area contributed by atoms with E-state index in [1.165, 1.54) is 4.90 Å². The first-order valence-corrected chi connectivity index (χ1v) is 6.18.